The molecule has 8 heteroatoms. The largest absolute Gasteiger partial charge is 0.343 e. The molecule has 1 aliphatic carbocycles. The second kappa shape index (κ2) is 14.8. The Morgan fingerprint density at radius 1 is 0.952 bits per heavy atom. The number of aryl methyl sites for hydroxylation is 3. The molecule has 1 aromatic carbocycles. The van der Waals surface area contributed by atoms with Gasteiger partial charge in [-0.25, -0.2) is 0 Å². The van der Waals surface area contributed by atoms with E-state index in [1.54, 1.807) is 0 Å². The van der Waals surface area contributed by atoms with Crippen molar-refractivity contribution in [2.75, 3.05) is 45.8 Å². The lowest BCUT2D eigenvalue weighted by atomic mass is 9.76. The number of hydrogen-bond donors (Lipinski definition) is 0. The number of fused-ring (bicyclic) bond motifs is 2. The molecule has 1 atom stereocenters. The minimum absolute atomic E-state index is 0. The number of rotatable bonds is 7. The van der Waals surface area contributed by atoms with Gasteiger partial charge in [-0.05, 0) is 135 Å². The third-order valence-electron chi connectivity index (χ3n) is 9.61. The average molecular weight is 705 g/mol. The number of nitrogens with zero attached hydrogens (tertiary/aromatic N) is 4. The van der Waals surface area contributed by atoms with Crippen molar-refractivity contribution in [3.8, 4) is 0 Å². The summed E-state index contributed by atoms with van der Waals surface area (Å²) in [6, 6.07) is 6.86. The van der Waals surface area contributed by atoms with Gasteiger partial charge in [0.15, 0.2) is 0 Å². The van der Waals surface area contributed by atoms with Crippen molar-refractivity contribution in [3.63, 3.8) is 0 Å². The number of piperidine rings is 2. The standard InChI is InChI=1S/C33H44Br2N4O2.CH4/c1-4-38(5-2)30(41)21-37-12-8-23(9-13-37)18-29(40)39-14-10-24(11-15-39)32-31-25(16-22(3)17-28(31)35)6-7-26-19-27(34)20-36-33(26)32;/h16-17,19-20,23-24,32H,4-15,18,21H2,1-3H3;1H4. The molecular formula is C34H48Br2N4O2. The van der Waals surface area contributed by atoms with Crippen LogP contribution in [0, 0.1) is 18.8 Å². The van der Waals surface area contributed by atoms with Gasteiger partial charge in [-0.15, -0.1) is 0 Å². The summed E-state index contributed by atoms with van der Waals surface area (Å²) in [5, 5.41) is 0. The Bertz CT molecular complexity index is 1250. The van der Waals surface area contributed by atoms with Gasteiger partial charge >= 0.3 is 0 Å². The smallest absolute Gasteiger partial charge is 0.236 e. The highest BCUT2D eigenvalue weighted by Gasteiger charge is 2.36. The first kappa shape index (κ1) is 33.1. The van der Waals surface area contributed by atoms with Crippen LogP contribution in [-0.4, -0.2) is 77.3 Å². The third-order valence-corrected chi connectivity index (χ3v) is 10.7. The number of hydrogen-bond acceptors (Lipinski definition) is 4. The molecule has 2 fully saturated rings. The highest BCUT2D eigenvalue weighted by molar-refractivity contribution is 9.10. The summed E-state index contributed by atoms with van der Waals surface area (Å²) in [6.45, 7) is 11.7. The molecule has 0 spiro atoms. The molecule has 0 bridgehead atoms. The summed E-state index contributed by atoms with van der Waals surface area (Å²) in [7, 11) is 0. The van der Waals surface area contributed by atoms with Gasteiger partial charge in [0.25, 0.3) is 0 Å². The molecule has 230 valence electrons. The highest BCUT2D eigenvalue weighted by Crippen LogP contribution is 2.45. The molecule has 0 radical (unpaired) electrons. The van der Waals surface area contributed by atoms with Gasteiger partial charge in [-0.1, -0.05) is 29.4 Å². The van der Waals surface area contributed by atoms with Crippen LogP contribution in [0.25, 0.3) is 0 Å². The number of likely N-dealkylation sites (tertiary alicyclic amines) is 2. The van der Waals surface area contributed by atoms with Crippen LogP contribution in [0.4, 0.5) is 0 Å². The van der Waals surface area contributed by atoms with Crippen LogP contribution in [0.3, 0.4) is 0 Å². The summed E-state index contributed by atoms with van der Waals surface area (Å²) in [5.41, 5.74) is 6.68. The normalized spacial score (nSPS) is 19.8. The van der Waals surface area contributed by atoms with Crippen molar-refractivity contribution >= 4 is 43.7 Å². The second-order valence-electron chi connectivity index (χ2n) is 12.2. The predicted octanol–water partition coefficient (Wildman–Crippen LogP) is 6.99. The topological polar surface area (TPSA) is 56.8 Å². The Labute approximate surface area is 269 Å². The molecule has 0 N–H and O–H groups in total. The van der Waals surface area contributed by atoms with Gasteiger partial charge in [0.1, 0.15) is 0 Å². The molecule has 3 heterocycles. The van der Waals surface area contributed by atoms with E-state index < -0.39 is 0 Å². The SMILES string of the molecule is C.CCN(CC)C(=O)CN1CCC(CC(=O)N2CCC(C3c4ncc(Br)cc4CCc4cc(C)cc(Br)c43)CC2)CC1. The molecule has 6 nitrogen and oxygen atoms in total. The maximum atomic E-state index is 13.4. The minimum Gasteiger partial charge on any atom is -0.343 e. The van der Waals surface area contributed by atoms with E-state index >= 15 is 0 Å². The summed E-state index contributed by atoms with van der Waals surface area (Å²) in [6.07, 6.45) is 8.60. The number of halogens is 2. The van der Waals surface area contributed by atoms with Gasteiger partial charge in [0, 0.05) is 53.7 Å². The van der Waals surface area contributed by atoms with Crippen molar-refractivity contribution in [1.82, 2.24) is 19.7 Å². The lowest BCUT2D eigenvalue weighted by Crippen LogP contribution is -2.44. The van der Waals surface area contributed by atoms with Crippen LogP contribution in [0.1, 0.15) is 87.2 Å². The van der Waals surface area contributed by atoms with Crippen LogP contribution in [0.5, 0.6) is 0 Å². The van der Waals surface area contributed by atoms with Gasteiger partial charge in [-0.3, -0.25) is 19.5 Å². The number of aromatic nitrogens is 1. The zero-order chi connectivity index (χ0) is 29.1. The molecule has 42 heavy (non-hydrogen) atoms. The molecule has 0 saturated carbocycles. The van der Waals surface area contributed by atoms with E-state index in [-0.39, 0.29) is 19.3 Å². The molecular weight excluding hydrogens is 656 g/mol. The van der Waals surface area contributed by atoms with Crippen LogP contribution in [0.15, 0.2) is 33.3 Å². The van der Waals surface area contributed by atoms with Crippen molar-refractivity contribution in [3.05, 3.63) is 61.3 Å². The van der Waals surface area contributed by atoms with Crippen LogP contribution < -0.4 is 0 Å². The molecule has 2 saturated heterocycles. The molecule has 1 aromatic heterocycles. The fourth-order valence-corrected chi connectivity index (χ4v) is 8.53. The van der Waals surface area contributed by atoms with E-state index in [0.29, 0.717) is 30.7 Å². The van der Waals surface area contributed by atoms with E-state index in [9.17, 15) is 9.59 Å². The summed E-state index contributed by atoms with van der Waals surface area (Å²) < 4.78 is 2.23. The number of pyridine rings is 1. The van der Waals surface area contributed by atoms with Crippen molar-refractivity contribution < 1.29 is 9.59 Å². The number of carbonyl (C=O) groups excluding carboxylic acids is 2. The van der Waals surface area contributed by atoms with Gasteiger partial charge in [0.2, 0.25) is 11.8 Å². The van der Waals surface area contributed by atoms with E-state index in [4.69, 9.17) is 4.98 Å². The van der Waals surface area contributed by atoms with Crippen molar-refractivity contribution in [2.45, 2.75) is 79.1 Å². The monoisotopic (exact) mass is 702 g/mol. The maximum absolute atomic E-state index is 13.4. The first-order valence-electron chi connectivity index (χ1n) is 15.5. The zero-order valence-electron chi connectivity index (χ0n) is 24.8. The molecule has 2 aliphatic heterocycles. The Hall–Kier alpha value is -1.77. The van der Waals surface area contributed by atoms with Crippen molar-refractivity contribution in [1.29, 1.82) is 0 Å². The third kappa shape index (κ3) is 7.47. The Balaban J connectivity index is 0.00000405. The number of likely N-dealkylation sites (N-methyl/N-ethyl adjacent to an activating group) is 1. The molecule has 2 amide bonds. The average Bonchev–Trinajstić information content (AvgIpc) is 3.11. The fourth-order valence-electron chi connectivity index (χ4n) is 7.29. The van der Waals surface area contributed by atoms with Gasteiger partial charge < -0.3 is 9.80 Å². The molecule has 1 unspecified atom stereocenters. The molecule has 3 aliphatic rings. The summed E-state index contributed by atoms with van der Waals surface area (Å²) in [4.78, 5) is 37.2. The second-order valence-corrected chi connectivity index (χ2v) is 14.0. The van der Waals surface area contributed by atoms with E-state index in [2.05, 4.69) is 66.8 Å². The maximum Gasteiger partial charge on any atom is 0.236 e. The van der Waals surface area contributed by atoms with Gasteiger partial charge in [-0.2, -0.15) is 0 Å². The summed E-state index contributed by atoms with van der Waals surface area (Å²) >= 11 is 7.58. The first-order chi connectivity index (χ1) is 19.8. The van der Waals surface area contributed by atoms with E-state index in [1.807, 2.05) is 24.9 Å². The summed E-state index contributed by atoms with van der Waals surface area (Å²) in [5.74, 6) is 1.64. The number of carbonyl (C=O) groups is 2. The molecule has 2 aromatic rings. The number of amides is 2. The van der Waals surface area contributed by atoms with Gasteiger partial charge in [0.05, 0.1) is 12.2 Å². The molecule has 5 rings (SSSR count). The van der Waals surface area contributed by atoms with Crippen LogP contribution >= 0.6 is 31.9 Å². The highest BCUT2D eigenvalue weighted by atomic mass is 79.9. The van der Waals surface area contributed by atoms with Crippen LogP contribution in [0.2, 0.25) is 0 Å². The van der Waals surface area contributed by atoms with Crippen molar-refractivity contribution in [2.24, 2.45) is 11.8 Å². The quantitative estimate of drug-likeness (QED) is 0.312. The van der Waals surface area contributed by atoms with Crippen LogP contribution in [-0.2, 0) is 22.4 Å². The zero-order valence-corrected chi connectivity index (χ0v) is 28.0. The van der Waals surface area contributed by atoms with E-state index in [1.165, 1.54) is 32.4 Å². The Morgan fingerprint density at radius 3 is 2.29 bits per heavy atom. The number of benzene rings is 1. The minimum atomic E-state index is 0. The predicted molar refractivity (Wildman–Crippen MR) is 178 cm³/mol. The van der Waals surface area contributed by atoms with E-state index in [0.717, 1.165) is 82.3 Å². The Morgan fingerprint density at radius 2 is 1.62 bits per heavy atom. The Kier molecular flexibility index (Phi) is 11.7. The lowest BCUT2D eigenvalue weighted by molar-refractivity contribution is -0.135. The lowest BCUT2D eigenvalue weighted by Gasteiger charge is -2.38. The first-order valence-corrected chi connectivity index (χ1v) is 17.1. The fraction of sp³-hybridized carbons (Fsp3) is 0.618.